The average molecular weight is 155 g/mol. The maximum absolute atomic E-state index is 12.2. The first-order chi connectivity index (χ1) is 5.11. The molecule has 0 saturated carbocycles. The van der Waals surface area contributed by atoms with Crippen LogP contribution in [0.15, 0.2) is 24.8 Å². The maximum Gasteiger partial charge on any atom is 0.351 e. The van der Waals surface area contributed by atoms with Crippen LogP contribution in [0, 0.1) is 11.3 Å². The highest BCUT2D eigenvalue weighted by molar-refractivity contribution is 5.92. The summed E-state index contributed by atoms with van der Waals surface area (Å²) in [6.45, 7) is 6.06. The fourth-order valence-corrected chi connectivity index (χ4v) is 0.267. The van der Waals surface area contributed by atoms with E-state index in [1.54, 1.807) is 0 Å². The minimum atomic E-state index is -1.88. The van der Waals surface area contributed by atoms with Crippen molar-refractivity contribution in [1.82, 2.24) is 0 Å². The summed E-state index contributed by atoms with van der Waals surface area (Å²) in [5.74, 6) is -1.07. The van der Waals surface area contributed by atoms with E-state index in [1.165, 1.54) is 6.07 Å². The molecule has 0 heterocycles. The van der Waals surface area contributed by atoms with Crippen LogP contribution in [0.25, 0.3) is 0 Å². The van der Waals surface area contributed by atoms with Crippen molar-refractivity contribution in [3.05, 3.63) is 24.8 Å². The summed E-state index contributed by atoms with van der Waals surface area (Å²) < 4.78 is 16.2. The first kappa shape index (κ1) is 9.37. The predicted octanol–water partition coefficient (Wildman–Crippen LogP) is 1.09. The summed E-state index contributed by atoms with van der Waals surface area (Å²) in [5.41, 5.74) is -0.436. The first-order valence-corrected chi connectivity index (χ1v) is 2.68. The number of nitrogens with zero attached hydrogens (tertiary/aromatic N) is 1. The van der Waals surface area contributed by atoms with Gasteiger partial charge in [0, 0.05) is 0 Å². The van der Waals surface area contributed by atoms with Crippen molar-refractivity contribution in [3.8, 4) is 6.07 Å². The average Bonchev–Trinajstić information content (AvgIpc) is 2.02. The Kier molecular flexibility index (Phi) is 3.60. The van der Waals surface area contributed by atoms with E-state index in [2.05, 4.69) is 17.9 Å². The summed E-state index contributed by atoms with van der Waals surface area (Å²) in [6.07, 6.45) is -1.09. The van der Waals surface area contributed by atoms with Crippen molar-refractivity contribution in [2.45, 2.75) is 6.36 Å². The van der Waals surface area contributed by atoms with Gasteiger partial charge in [-0.2, -0.15) is 9.65 Å². The van der Waals surface area contributed by atoms with Gasteiger partial charge in [0.2, 0.25) is 0 Å². The van der Waals surface area contributed by atoms with Crippen molar-refractivity contribution in [2.75, 3.05) is 0 Å². The number of hydrogen-bond acceptors (Lipinski definition) is 3. The quantitative estimate of drug-likeness (QED) is 0.265. The summed E-state index contributed by atoms with van der Waals surface area (Å²) in [6, 6.07) is 1.42. The highest BCUT2D eigenvalue weighted by Gasteiger charge is 2.11. The van der Waals surface area contributed by atoms with E-state index in [4.69, 9.17) is 5.26 Å². The van der Waals surface area contributed by atoms with E-state index >= 15 is 0 Å². The Bertz CT molecular complexity index is 229. The zero-order chi connectivity index (χ0) is 8.85. The van der Waals surface area contributed by atoms with Gasteiger partial charge < -0.3 is 4.74 Å². The second-order valence-corrected chi connectivity index (χ2v) is 1.58. The molecule has 0 aliphatic rings. The van der Waals surface area contributed by atoms with Gasteiger partial charge in [0.05, 0.1) is 0 Å². The van der Waals surface area contributed by atoms with Gasteiger partial charge in [-0.05, 0) is 6.08 Å². The molecule has 0 aromatic rings. The van der Waals surface area contributed by atoms with Crippen LogP contribution in [0.1, 0.15) is 0 Å². The number of carbonyl (C=O) groups excluding carboxylic acids is 1. The Hall–Kier alpha value is -1.63. The monoisotopic (exact) mass is 155 g/mol. The van der Waals surface area contributed by atoms with E-state index in [9.17, 15) is 9.18 Å². The highest BCUT2D eigenvalue weighted by atomic mass is 19.1. The zero-order valence-electron chi connectivity index (χ0n) is 5.71. The maximum atomic E-state index is 12.2. The number of halogens is 1. The van der Waals surface area contributed by atoms with Gasteiger partial charge in [0.1, 0.15) is 11.6 Å². The lowest BCUT2D eigenvalue weighted by molar-refractivity contribution is -0.148. The molecular formula is C7H6FNO2. The van der Waals surface area contributed by atoms with Crippen LogP contribution in [-0.4, -0.2) is 12.3 Å². The molecule has 0 aliphatic heterocycles. The lowest BCUT2D eigenvalue weighted by Crippen LogP contribution is -2.11. The molecule has 0 aromatic carbocycles. The number of ether oxygens (including phenoxy) is 1. The second kappa shape index (κ2) is 4.23. The Labute approximate surface area is 63.4 Å². The Balaban J connectivity index is 4.00. The molecule has 0 spiro atoms. The third-order valence-corrected chi connectivity index (χ3v) is 0.786. The molecule has 0 N–H and O–H groups in total. The SMILES string of the molecule is C=CC(F)OC(=O)C(=C)C#N. The number of carbonyl (C=O) groups is 1. The van der Waals surface area contributed by atoms with E-state index in [-0.39, 0.29) is 0 Å². The molecule has 11 heavy (non-hydrogen) atoms. The summed E-state index contributed by atoms with van der Waals surface area (Å²) in [5, 5.41) is 8.09. The smallest absolute Gasteiger partial charge is 0.351 e. The fourth-order valence-electron chi connectivity index (χ4n) is 0.267. The van der Waals surface area contributed by atoms with Crippen molar-refractivity contribution in [1.29, 1.82) is 5.26 Å². The lowest BCUT2D eigenvalue weighted by Gasteiger charge is -2.02. The van der Waals surface area contributed by atoms with Gasteiger partial charge in [0.15, 0.2) is 0 Å². The van der Waals surface area contributed by atoms with Crippen LogP contribution >= 0.6 is 0 Å². The highest BCUT2D eigenvalue weighted by Crippen LogP contribution is 1.99. The topological polar surface area (TPSA) is 50.1 Å². The van der Waals surface area contributed by atoms with E-state index < -0.39 is 17.9 Å². The molecule has 0 radical (unpaired) electrons. The molecule has 0 bridgehead atoms. The molecule has 1 atom stereocenters. The molecule has 3 nitrogen and oxygen atoms in total. The van der Waals surface area contributed by atoms with Crippen LogP contribution in [0.3, 0.4) is 0 Å². The van der Waals surface area contributed by atoms with Gasteiger partial charge in [-0.15, -0.1) is 0 Å². The molecule has 4 heteroatoms. The van der Waals surface area contributed by atoms with Crippen LogP contribution in [-0.2, 0) is 9.53 Å². The first-order valence-electron chi connectivity index (χ1n) is 2.68. The standard InChI is InChI=1S/C7H6FNO2/c1-3-6(8)11-7(10)5(2)4-9/h3,6H,1-2H2. The molecule has 0 aliphatic carbocycles. The predicted molar refractivity (Wildman–Crippen MR) is 35.9 cm³/mol. The minimum absolute atomic E-state index is 0.436. The van der Waals surface area contributed by atoms with Crippen molar-refractivity contribution >= 4 is 5.97 Å². The normalized spacial score (nSPS) is 10.9. The van der Waals surface area contributed by atoms with Crippen LogP contribution < -0.4 is 0 Å². The largest absolute Gasteiger partial charge is 0.423 e. The number of hydrogen-bond donors (Lipinski definition) is 0. The fraction of sp³-hybridized carbons (Fsp3) is 0.143. The zero-order valence-corrected chi connectivity index (χ0v) is 5.71. The molecule has 0 saturated heterocycles. The van der Waals surface area contributed by atoms with Gasteiger partial charge >= 0.3 is 5.97 Å². The van der Waals surface area contributed by atoms with Gasteiger partial charge in [-0.25, -0.2) is 4.79 Å². The Morgan fingerprint density at radius 2 is 2.36 bits per heavy atom. The van der Waals surface area contributed by atoms with Crippen molar-refractivity contribution < 1.29 is 13.9 Å². The number of alkyl halides is 1. The molecular weight excluding hydrogens is 149 g/mol. The Morgan fingerprint density at radius 3 is 2.73 bits per heavy atom. The summed E-state index contributed by atoms with van der Waals surface area (Å²) in [4.78, 5) is 10.5. The molecule has 0 aromatic heterocycles. The summed E-state index contributed by atoms with van der Waals surface area (Å²) in [7, 11) is 0. The van der Waals surface area contributed by atoms with Gasteiger partial charge in [-0.1, -0.05) is 13.2 Å². The number of esters is 1. The lowest BCUT2D eigenvalue weighted by atomic mass is 10.3. The second-order valence-electron chi connectivity index (χ2n) is 1.58. The number of nitriles is 1. The molecule has 0 fully saturated rings. The van der Waals surface area contributed by atoms with E-state index in [1.807, 2.05) is 0 Å². The van der Waals surface area contributed by atoms with Crippen molar-refractivity contribution in [2.24, 2.45) is 0 Å². The molecule has 58 valence electrons. The number of rotatable bonds is 3. The van der Waals surface area contributed by atoms with Crippen LogP contribution in [0.4, 0.5) is 4.39 Å². The van der Waals surface area contributed by atoms with E-state index in [0.717, 1.165) is 6.08 Å². The van der Waals surface area contributed by atoms with Crippen molar-refractivity contribution in [3.63, 3.8) is 0 Å². The third-order valence-electron chi connectivity index (χ3n) is 0.786. The summed E-state index contributed by atoms with van der Waals surface area (Å²) >= 11 is 0. The van der Waals surface area contributed by atoms with Gasteiger partial charge in [-0.3, -0.25) is 0 Å². The molecule has 0 rings (SSSR count). The van der Waals surface area contributed by atoms with Crippen LogP contribution in [0.2, 0.25) is 0 Å². The molecule has 1 unspecified atom stereocenters. The van der Waals surface area contributed by atoms with E-state index in [0.29, 0.717) is 0 Å². The molecule has 0 amide bonds. The minimum Gasteiger partial charge on any atom is -0.423 e. The Morgan fingerprint density at radius 1 is 1.82 bits per heavy atom. The van der Waals surface area contributed by atoms with Gasteiger partial charge in [0.25, 0.3) is 6.36 Å². The third kappa shape index (κ3) is 3.16. The van der Waals surface area contributed by atoms with Crippen LogP contribution in [0.5, 0.6) is 0 Å².